The van der Waals surface area contributed by atoms with Gasteiger partial charge in [0, 0.05) is 6.20 Å². The number of aliphatic hydroxyl groups excluding tert-OH is 1. The summed E-state index contributed by atoms with van der Waals surface area (Å²) in [7, 11) is 0. The first kappa shape index (κ1) is 11.5. The number of rotatable bonds is 2. The Labute approximate surface area is 96.9 Å². The van der Waals surface area contributed by atoms with Crippen LogP contribution in [-0.2, 0) is 0 Å². The Morgan fingerprint density at radius 3 is 2.38 bits per heavy atom. The number of aromatic nitrogens is 2. The Balaban J connectivity index is 2.04. The Kier molecular flexibility index (Phi) is 3.88. The first-order valence-corrected chi connectivity index (χ1v) is 6.24. The van der Waals surface area contributed by atoms with Crippen LogP contribution in [-0.4, -0.2) is 15.1 Å². The van der Waals surface area contributed by atoms with Gasteiger partial charge in [0.25, 0.3) is 0 Å². The molecule has 0 saturated heterocycles. The summed E-state index contributed by atoms with van der Waals surface area (Å²) >= 11 is 0. The number of nitrogens with zero attached hydrogens (tertiary/aromatic N) is 2. The smallest absolute Gasteiger partial charge is 0.100 e. The Morgan fingerprint density at radius 1 is 1.12 bits per heavy atom. The summed E-state index contributed by atoms with van der Waals surface area (Å²) < 4.78 is 0. The molecule has 1 aromatic rings. The van der Waals surface area contributed by atoms with Gasteiger partial charge < -0.3 is 5.11 Å². The molecule has 0 aromatic carbocycles. The molecule has 1 aliphatic carbocycles. The van der Waals surface area contributed by atoms with Crippen LogP contribution in [0.15, 0.2) is 12.4 Å². The summed E-state index contributed by atoms with van der Waals surface area (Å²) in [6, 6.07) is 0. The van der Waals surface area contributed by atoms with Crippen LogP contribution in [0.25, 0.3) is 0 Å². The molecule has 0 spiro atoms. The van der Waals surface area contributed by atoms with Crippen molar-refractivity contribution in [3.63, 3.8) is 0 Å². The molecule has 0 radical (unpaired) electrons. The van der Waals surface area contributed by atoms with Crippen LogP contribution in [0.1, 0.15) is 56.0 Å². The van der Waals surface area contributed by atoms with Gasteiger partial charge in [-0.25, -0.2) is 0 Å². The molecular formula is C13H20N2O. The molecule has 88 valence electrons. The van der Waals surface area contributed by atoms with E-state index in [-0.39, 0.29) is 0 Å². The maximum absolute atomic E-state index is 10.3. The highest BCUT2D eigenvalue weighted by atomic mass is 16.3. The van der Waals surface area contributed by atoms with Crippen LogP contribution in [0.4, 0.5) is 0 Å². The summed E-state index contributed by atoms with van der Waals surface area (Å²) in [5, 5.41) is 10.3. The van der Waals surface area contributed by atoms with Crippen molar-refractivity contribution in [1.82, 2.24) is 9.97 Å². The lowest BCUT2D eigenvalue weighted by Gasteiger charge is -2.20. The van der Waals surface area contributed by atoms with Gasteiger partial charge >= 0.3 is 0 Å². The third-order valence-electron chi connectivity index (χ3n) is 3.45. The minimum absolute atomic E-state index is 0.375. The molecule has 1 atom stereocenters. The van der Waals surface area contributed by atoms with Crippen molar-refractivity contribution in [3.8, 4) is 0 Å². The van der Waals surface area contributed by atoms with E-state index in [1.54, 1.807) is 12.4 Å². The van der Waals surface area contributed by atoms with E-state index in [1.165, 1.54) is 25.7 Å². The van der Waals surface area contributed by atoms with Gasteiger partial charge in [0.2, 0.25) is 0 Å². The van der Waals surface area contributed by atoms with E-state index in [0.717, 1.165) is 24.2 Å². The quantitative estimate of drug-likeness (QED) is 0.779. The van der Waals surface area contributed by atoms with Crippen LogP contribution < -0.4 is 0 Å². The SMILES string of the molecule is Cc1cnc(C(O)C2CCCCCC2)cn1. The zero-order valence-electron chi connectivity index (χ0n) is 9.89. The van der Waals surface area contributed by atoms with Gasteiger partial charge in [0.1, 0.15) is 6.10 Å². The number of aliphatic hydroxyl groups is 1. The minimum atomic E-state index is -0.425. The molecule has 3 nitrogen and oxygen atoms in total. The first-order valence-electron chi connectivity index (χ1n) is 6.24. The third kappa shape index (κ3) is 2.79. The van der Waals surface area contributed by atoms with Gasteiger partial charge in [-0.2, -0.15) is 0 Å². The number of hydrogen-bond acceptors (Lipinski definition) is 3. The van der Waals surface area contributed by atoms with E-state index in [9.17, 15) is 5.11 Å². The van der Waals surface area contributed by atoms with E-state index in [0.29, 0.717) is 5.92 Å². The fourth-order valence-electron chi connectivity index (χ4n) is 2.42. The molecule has 3 heteroatoms. The van der Waals surface area contributed by atoms with Crippen LogP contribution in [0.3, 0.4) is 0 Å². The highest BCUT2D eigenvalue weighted by molar-refractivity contribution is 5.05. The van der Waals surface area contributed by atoms with Crippen LogP contribution in [0.5, 0.6) is 0 Å². The highest BCUT2D eigenvalue weighted by Crippen LogP contribution is 2.32. The lowest BCUT2D eigenvalue weighted by atomic mass is 9.92. The summed E-state index contributed by atoms with van der Waals surface area (Å²) in [5.74, 6) is 0.375. The predicted octanol–water partition coefficient (Wildman–Crippen LogP) is 2.79. The molecule has 0 aliphatic heterocycles. The second-order valence-corrected chi connectivity index (χ2v) is 4.78. The van der Waals surface area contributed by atoms with Crippen molar-refractivity contribution in [3.05, 3.63) is 23.8 Å². The fourth-order valence-corrected chi connectivity index (χ4v) is 2.42. The highest BCUT2D eigenvalue weighted by Gasteiger charge is 2.23. The summed E-state index contributed by atoms with van der Waals surface area (Å²) in [6.45, 7) is 1.91. The zero-order valence-corrected chi connectivity index (χ0v) is 9.89. The largest absolute Gasteiger partial charge is 0.386 e. The predicted molar refractivity (Wildman–Crippen MR) is 62.9 cm³/mol. The van der Waals surface area contributed by atoms with Crippen molar-refractivity contribution >= 4 is 0 Å². The van der Waals surface area contributed by atoms with Crippen LogP contribution >= 0.6 is 0 Å². The fraction of sp³-hybridized carbons (Fsp3) is 0.692. The molecule has 1 heterocycles. The second-order valence-electron chi connectivity index (χ2n) is 4.78. The van der Waals surface area contributed by atoms with Gasteiger partial charge in [-0.3, -0.25) is 9.97 Å². The van der Waals surface area contributed by atoms with Crippen molar-refractivity contribution < 1.29 is 5.11 Å². The first-order chi connectivity index (χ1) is 7.77. The van der Waals surface area contributed by atoms with E-state index < -0.39 is 6.10 Å². The topological polar surface area (TPSA) is 46.0 Å². The van der Waals surface area contributed by atoms with E-state index in [1.807, 2.05) is 6.92 Å². The van der Waals surface area contributed by atoms with Gasteiger partial charge in [0.05, 0.1) is 17.6 Å². The molecule has 1 N–H and O–H groups in total. The normalized spacial score (nSPS) is 20.4. The van der Waals surface area contributed by atoms with Crippen molar-refractivity contribution in [1.29, 1.82) is 0 Å². The molecule has 1 fully saturated rings. The maximum atomic E-state index is 10.3. The second kappa shape index (κ2) is 5.39. The van der Waals surface area contributed by atoms with Crippen LogP contribution in [0, 0.1) is 12.8 Å². The monoisotopic (exact) mass is 220 g/mol. The molecule has 1 aromatic heterocycles. The van der Waals surface area contributed by atoms with E-state index >= 15 is 0 Å². The Bertz CT molecular complexity index is 315. The summed E-state index contributed by atoms with van der Waals surface area (Å²) in [6.07, 6.45) is 10.4. The lowest BCUT2D eigenvalue weighted by Crippen LogP contribution is -2.13. The molecule has 1 aliphatic rings. The van der Waals surface area contributed by atoms with Gasteiger partial charge in [0.15, 0.2) is 0 Å². The van der Waals surface area contributed by atoms with Crippen LogP contribution in [0.2, 0.25) is 0 Å². The molecule has 1 unspecified atom stereocenters. The van der Waals surface area contributed by atoms with E-state index in [2.05, 4.69) is 9.97 Å². The number of aryl methyl sites for hydroxylation is 1. The molecule has 0 bridgehead atoms. The Hall–Kier alpha value is -0.960. The van der Waals surface area contributed by atoms with Crippen molar-refractivity contribution in [2.45, 2.75) is 51.6 Å². The average Bonchev–Trinajstić information content (AvgIpc) is 2.57. The van der Waals surface area contributed by atoms with Crippen molar-refractivity contribution in [2.75, 3.05) is 0 Å². The summed E-state index contributed by atoms with van der Waals surface area (Å²) in [4.78, 5) is 8.47. The minimum Gasteiger partial charge on any atom is -0.386 e. The van der Waals surface area contributed by atoms with Gasteiger partial charge in [-0.05, 0) is 25.7 Å². The van der Waals surface area contributed by atoms with E-state index in [4.69, 9.17) is 0 Å². The van der Waals surface area contributed by atoms with Crippen molar-refractivity contribution in [2.24, 2.45) is 5.92 Å². The molecule has 2 rings (SSSR count). The zero-order chi connectivity index (χ0) is 11.4. The lowest BCUT2D eigenvalue weighted by molar-refractivity contribution is 0.0944. The molecule has 16 heavy (non-hydrogen) atoms. The maximum Gasteiger partial charge on any atom is 0.100 e. The molecule has 1 saturated carbocycles. The third-order valence-corrected chi connectivity index (χ3v) is 3.45. The van der Waals surface area contributed by atoms with Gasteiger partial charge in [-0.15, -0.1) is 0 Å². The summed E-state index contributed by atoms with van der Waals surface area (Å²) in [5.41, 5.74) is 1.63. The molecular weight excluding hydrogens is 200 g/mol. The molecule has 0 amide bonds. The van der Waals surface area contributed by atoms with Gasteiger partial charge in [-0.1, -0.05) is 25.7 Å². The average molecular weight is 220 g/mol. The number of hydrogen-bond donors (Lipinski definition) is 1. The standard InChI is InChI=1S/C13H20N2O/c1-10-8-15-12(9-14-10)13(16)11-6-4-2-3-5-7-11/h8-9,11,13,16H,2-7H2,1H3. The Morgan fingerprint density at radius 2 is 1.81 bits per heavy atom.